The van der Waals surface area contributed by atoms with Crippen LogP contribution in [0.15, 0.2) is 84.0 Å². The molecule has 0 fully saturated rings. The third-order valence-corrected chi connectivity index (χ3v) is 6.39. The molecule has 0 saturated carbocycles. The highest BCUT2D eigenvalue weighted by Gasteiger charge is 2.14. The van der Waals surface area contributed by atoms with Crippen molar-refractivity contribution < 1.29 is 18.3 Å². The van der Waals surface area contributed by atoms with Crippen molar-refractivity contribution in [2.45, 2.75) is 30.6 Å². The number of nitrogens with one attached hydrogen (secondary N) is 1. The van der Waals surface area contributed by atoms with Gasteiger partial charge in [0, 0.05) is 35.1 Å². The summed E-state index contributed by atoms with van der Waals surface area (Å²) < 4.78 is 27.7. The highest BCUT2D eigenvalue weighted by molar-refractivity contribution is 7.92. The van der Waals surface area contributed by atoms with Crippen LogP contribution in [0.3, 0.4) is 0 Å². The molecule has 1 heterocycles. The molecule has 0 unspecified atom stereocenters. The lowest BCUT2D eigenvalue weighted by Crippen LogP contribution is -2.12. The van der Waals surface area contributed by atoms with Crippen molar-refractivity contribution in [1.82, 2.24) is 4.98 Å². The quantitative estimate of drug-likeness (QED) is 0.375. The average molecular weight is 471 g/mol. The number of benzene rings is 2. The maximum Gasteiger partial charge on any atom is 0.303 e. The van der Waals surface area contributed by atoms with Crippen LogP contribution in [0.5, 0.6) is 0 Å². The molecule has 32 heavy (non-hydrogen) atoms. The lowest BCUT2D eigenvalue weighted by molar-refractivity contribution is -0.137. The van der Waals surface area contributed by atoms with E-state index in [0.29, 0.717) is 17.1 Å². The maximum atomic E-state index is 12.6. The van der Waals surface area contributed by atoms with E-state index in [2.05, 4.69) is 15.8 Å². The average Bonchev–Trinajstić information content (AvgIpc) is 2.77. The number of unbranched alkanes of at least 4 members (excludes halogenated alkanes) is 2. The number of anilines is 1. The van der Waals surface area contributed by atoms with E-state index in [1.807, 2.05) is 24.3 Å². The molecule has 0 aliphatic heterocycles. The molecule has 0 spiro atoms. The first-order chi connectivity index (χ1) is 15.3. The van der Waals surface area contributed by atoms with Gasteiger partial charge >= 0.3 is 5.97 Å². The number of aliphatic carboxylic acids is 1. The molecule has 0 radical (unpaired) electrons. The van der Waals surface area contributed by atoms with E-state index in [-0.39, 0.29) is 11.3 Å². The van der Waals surface area contributed by atoms with Crippen molar-refractivity contribution in [3.63, 3.8) is 0 Å². The number of carboxylic acid groups (broad SMARTS) is 1. The number of allylic oxidation sites excluding steroid dienone is 1. The second-order valence-corrected chi connectivity index (χ2v) is 9.25. The Morgan fingerprint density at radius 1 is 1.00 bits per heavy atom. The third-order valence-electron chi connectivity index (χ3n) is 4.74. The van der Waals surface area contributed by atoms with E-state index in [1.54, 1.807) is 24.5 Å². The van der Waals surface area contributed by atoms with Gasteiger partial charge in [0.05, 0.1) is 4.90 Å². The molecule has 3 rings (SSSR count). The van der Waals surface area contributed by atoms with Gasteiger partial charge in [-0.25, -0.2) is 8.42 Å². The van der Waals surface area contributed by atoms with E-state index in [1.165, 1.54) is 24.3 Å². The molecule has 1 aromatic heterocycles. The predicted molar refractivity (Wildman–Crippen MR) is 126 cm³/mol. The number of nitrogens with zero attached hydrogens (tertiary/aromatic N) is 1. The van der Waals surface area contributed by atoms with Crippen LogP contribution < -0.4 is 4.72 Å². The topological polar surface area (TPSA) is 96.4 Å². The van der Waals surface area contributed by atoms with Gasteiger partial charge in [-0.2, -0.15) is 0 Å². The lowest BCUT2D eigenvalue weighted by atomic mass is 9.97. The zero-order valence-electron chi connectivity index (χ0n) is 17.2. The zero-order chi connectivity index (χ0) is 23.0. The van der Waals surface area contributed by atoms with Crippen molar-refractivity contribution in [3.05, 3.63) is 95.3 Å². The van der Waals surface area contributed by atoms with E-state index in [4.69, 9.17) is 16.7 Å². The van der Waals surface area contributed by atoms with Gasteiger partial charge < -0.3 is 5.11 Å². The number of carbonyl (C=O) groups is 1. The van der Waals surface area contributed by atoms with Crippen LogP contribution in [0.25, 0.3) is 5.57 Å². The summed E-state index contributed by atoms with van der Waals surface area (Å²) in [5.41, 5.74) is 3.24. The standard InChI is InChI=1S/C24H23ClN2O4S/c25-20-10-14-22(15-11-20)32(30,31)27-21-12-8-18(9-13-21)23(19-5-4-16-26-17-19)6-2-1-3-7-24(28)29/h4-6,8-17,27H,1-3,7H2,(H,28,29). The summed E-state index contributed by atoms with van der Waals surface area (Å²) >= 11 is 5.84. The summed E-state index contributed by atoms with van der Waals surface area (Å²) in [6.07, 6.45) is 7.77. The van der Waals surface area contributed by atoms with Gasteiger partial charge in [0.15, 0.2) is 0 Å². The number of pyridine rings is 1. The van der Waals surface area contributed by atoms with E-state index < -0.39 is 16.0 Å². The number of carboxylic acids is 1. The molecule has 0 aliphatic rings. The number of hydrogen-bond donors (Lipinski definition) is 2. The largest absolute Gasteiger partial charge is 0.481 e. The first-order valence-corrected chi connectivity index (χ1v) is 11.9. The normalized spacial score (nSPS) is 11.8. The fraction of sp³-hybridized carbons (Fsp3) is 0.167. The highest BCUT2D eigenvalue weighted by Crippen LogP contribution is 2.26. The summed E-state index contributed by atoms with van der Waals surface area (Å²) in [7, 11) is -3.72. The van der Waals surface area contributed by atoms with Crippen LogP contribution in [0, 0.1) is 0 Å². The SMILES string of the molecule is O=C(O)CCCCC=C(c1ccc(NS(=O)(=O)c2ccc(Cl)cc2)cc1)c1cccnc1. The van der Waals surface area contributed by atoms with Crippen molar-refractivity contribution in [3.8, 4) is 0 Å². The minimum Gasteiger partial charge on any atom is -0.481 e. The molecule has 3 aromatic rings. The second kappa shape index (κ2) is 10.9. The number of halogens is 1. The molecule has 2 aromatic carbocycles. The monoisotopic (exact) mass is 470 g/mol. The summed E-state index contributed by atoms with van der Waals surface area (Å²) in [6, 6.07) is 16.9. The smallest absolute Gasteiger partial charge is 0.303 e. The second-order valence-electron chi connectivity index (χ2n) is 7.14. The highest BCUT2D eigenvalue weighted by atomic mass is 35.5. The fourth-order valence-electron chi connectivity index (χ4n) is 3.14. The molecular weight excluding hydrogens is 448 g/mol. The number of hydrogen-bond acceptors (Lipinski definition) is 4. The molecule has 6 nitrogen and oxygen atoms in total. The molecule has 0 saturated heterocycles. The Bertz CT molecular complexity index is 1180. The van der Waals surface area contributed by atoms with Crippen LogP contribution >= 0.6 is 11.6 Å². The van der Waals surface area contributed by atoms with E-state index in [0.717, 1.165) is 29.5 Å². The maximum absolute atomic E-state index is 12.6. The van der Waals surface area contributed by atoms with Gasteiger partial charge in [-0.05, 0) is 72.9 Å². The number of aromatic nitrogens is 1. The predicted octanol–water partition coefficient (Wildman–Crippen LogP) is 5.61. The van der Waals surface area contributed by atoms with Crippen molar-refractivity contribution in [1.29, 1.82) is 0 Å². The van der Waals surface area contributed by atoms with Crippen molar-refractivity contribution in [2.24, 2.45) is 0 Å². The fourth-order valence-corrected chi connectivity index (χ4v) is 4.32. The van der Waals surface area contributed by atoms with Crippen LogP contribution in [0.1, 0.15) is 36.8 Å². The molecule has 2 N–H and O–H groups in total. The van der Waals surface area contributed by atoms with Gasteiger partial charge in [-0.3, -0.25) is 14.5 Å². The Hall–Kier alpha value is -3.16. The van der Waals surface area contributed by atoms with E-state index in [9.17, 15) is 13.2 Å². The van der Waals surface area contributed by atoms with E-state index >= 15 is 0 Å². The van der Waals surface area contributed by atoms with Crippen LogP contribution in [0.4, 0.5) is 5.69 Å². The summed E-state index contributed by atoms with van der Waals surface area (Å²) in [5.74, 6) is -0.793. The summed E-state index contributed by atoms with van der Waals surface area (Å²) in [4.78, 5) is 15.0. The minimum absolute atomic E-state index is 0.128. The molecule has 0 bridgehead atoms. The van der Waals surface area contributed by atoms with Crippen molar-refractivity contribution in [2.75, 3.05) is 4.72 Å². The molecule has 8 heteroatoms. The van der Waals surface area contributed by atoms with Crippen molar-refractivity contribution >= 4 is 38.9 Å². The van der Waals surface area contributed by atoms with Crippen LogP contribution in [-0.4, -0.2) is 24.5 Å². The Morgan fingerprint density at radius 3 is 2.34 bits per heavy atom. The first kappa shape index (κ1) is 23.5. The molecule has 0 amide bonds. The van der Waals surface area contributed by atoms with Gasteiger partial charge in [0.25, 0.3) is 10.0 Å². The Kier molecular flexibility index (Phi) is 8.03. The number of rotatable bonds is 10. The van der Waals surface area contributed by atoms with Crippen LogP contribution in [-0.2, 0) is 14.8 Å². The zero-order valence-corrected chi connectivity index (χ0v) is 18.8. The Balaban J connectivity index is 1.78. The molecule has 0 atom stereocenters. The number of sulfonamides is 1. The molecular formula is C24H23ClN2O4S. The van der Waals surface area contributed by atoms with Gasteiger partial charge in [-0.1, -0.05) is 35.9 Å². The summed E-state index contributed by atoms with van der Waals surface area (Å²) in [6.45, 7) is 0. The Labute approximate surface area is 192 Å². The molecule has 0 aliphatic carbocycles. The third kappa shape index (κ3) is 6.67. The minimum atomic E-state index is -3.72. The van der Waals surface area contributed by atoms with Gasteiger partial charge in [0.2, 0.25) is 0 Å². The van der Waals surface area contributed by atoms with Gasteiger partial charge in [-0.15, -0.1) is 0 Å². The first-order valence-electron chi connectivity index (χ1n) is 10.1. The Morgan fingerprint density at radius 2 is 1.72 bits per heavy atom. The van der Waals surface area contributed by atoms with Crippen LogP contribution in [0.2, 0.25) is 5.02 Å². The molecule has 166 valence electrons. The lowest BCUT2D eigenvalue weighted by Gasteiger charge is -2.11. The summed E-state index contributed by atoms with van der Waals surface area (Å²) in [5, 5.41) is 9.26. The van der Waals surface area contributed by atoms with Gasteiger partial charge in [0.1, 0.15) is 0 Å².